The summed E-state index contributed by atoms with van der Waals surface area (Å²) in [6.45, 7) is 3.04. The number of aromatic nitrogens is 1. The number of fused-ring (bicyclic) bond motifs is 1. The summed E-state index contributed by atoms with van der Waals surface area (Å²) in [5.74, 6) is 0.643. The highest BCUT2D eigenvalue weighted by molar-refractivity contribution is 7.88. The van der Waals surface area contributed by atoms with Crippen molar-refractivity contribution in [3.05, 3.63) is 33.7 Å². The number of aryl methyl sites for hydroxylation is 2. The fourth-order valence-corrected chi connectivity index (χ4v) is 5.85. The van der Waals surface area contributed by atoms with Crippen LogP contribution in [0.2, 0.25) is 0 Å². The average molecular weight is 425 g/mol. The first-order valence-corrected chi connectivity index (χ1v) is 12.6. The van der Waals surface area contributed by atoms with Gasteiger partial charge in [-0.25, -0.2) is 13.1 Å². The second kappa shape index (κ2) is 8.49. The fourth-order valence-electron chi connectivity index (χ4n) is 5.03. The summed E-state index contributed by atoms with van der Waals surface area (Å²) in [7, 11) is -3.37. The molecule has 0 radical (unpaired) electrons. The summed E-state index contributed by atoms with van der Waals surface area (Å²) >= 11 is 0. The SMILES string of the molecule is Cc1ccc2n(c1=O)[C@H](COC1CCC([C@@H]3CCO3)CC1)[C@@H](NS(C)(=O)=O)CC2. The summed E-state index contributed by atoms with van der Waals surface area (Å²) in [5, 5.41) is 0. The number of nitrogens with zero attached hydrogens (tertiary/aromatic N) is 1. The van der Waals surface area contributed by atoms with Crippen LogP contribution in [0.3, 0.4) is 0 Å². The molecule has 0 aromatic carbocycles. The van der Waals surface area contributed by atoms with Crippen LogP contribution in [-0.4, -0.2) is 50.7 Å². The van der Waals surface area contributed by atoms with Crippen molar-refractivity contribution < 1.29 is 17.9 Å². The van der Waals surface area contributed by atoms with Gasteiger partial charge in [0.2, 0.25) is 10.0 Å². The molecule has 7 nitrogen and oxygen atoms in total. The average Bonchev–Trinajstić information content (AvgIpc) is 2.62. The van der Waals surface area contributed by atoms with Crippen molar-refractivity contribution in [2.24, 2.45) is 5.92 Å². The molecular formula is C21H32N2O5S. The minimum absolute atomic E-state index is 0.0538. The van der Waals surface area contributed by atoms with Crippen molar-refractivity contribution in [2.45, 2.75) is 76.2 Å². The topological polar surface area (TPSA) is 86.6 Å². The van der Waals surface area contributed by atoms with Crippen LogP contribution in [0.25, 0.3) is 0 Å². The lowest BCUT2D eigenvalue weighted by atomic mass is 9.81. The molecule has 0 unspecified atom stereocenters. The molecule has 3 aliphatic rings. The third-order valence-corrected chi connectivity index (χ3v) is 7.48. The Morgan fingerprint density at radius 1 is 1.17 bits per heavy atom. The Morgan fingerprint density at radius 2 is 1.90 bits per heavy atom. The molecule has 1 saturated carbocycles. The fraction of sp³-hybridized carbons (Fsp3) is 0.762. The van der Waals surface area contributed by atoms with E-state index in [2.05, 4.69) is 4.72 Å². The summed E-state index contributed by atoms with van der Waals surface area (Å²) in [6, 6.07) is 3.16. The van der Waals surface area contributed by atoms with Gasteiger partial charge in [-0.15, -0.1) is 0 Å². The van der Waals surface area contributed by atoms with Gasteiger partial charge >= 0.3 is 0 Å². The van der Waals surface area contributed by atoms with E-state index in [1.54, 1.807) is 11.5 Å². The van der Waals surface area contributed by atoms with Gasteiger partial charge < -0.3 is 14.0 Å². The van der Waals surface area contributed by atoms with Gasteiger partial charge in [0, 0.05) is 23.9 Å². The third kappa shape index (κ3) is 4.76. The van der Waals surface area contributed by atoms with E-state index in [0.29, 0.717) is 37.0 Å². The number of rotatable bonds is 6. The summed E-state index contributed by atoms with van der Waals surface area (Å²) in [5.41, 5.74) is 1.56. The van der Waals surface area contributed by atoms with Gasteiger partial charge in [0.1, 0.15) is 0 Å². The lowest BCUT2D eigenvalue weighted by Gasteiger charge is -2.39. The smallest absolute Gasteiger partial charge is 0.254 e. The predicted octanol–water partition coefficient (Wildman–Crippen LogP) is 1.93. The highest BCUT2D eigenvalue weighted by Gasteiger charge is 2.35. The molecule has 1 aliphatic carbocycles. The van der Waals surface area contributed by atoms with Gasteiger partial charge in [-0.2, -0.15) is 0 Å². The molecular weight excluding hydrogens is 392 g/mol. The van der Waals surface area contributed by atoms with Crippen molar-refractivity contribution in [1.82, 2.24) is 9.29 Å². The number of sulfonamides is 1. The second-order valence-corrected chi connectivity index (χ2v) is 10.6. The highest BCUT2D eigenvalue weighted by atomic mass is 32.2. The normalized spacial score (nSPS) is 32.4. The van der Waals surface area contributed by atoms with Crippen LogP contribution in [0.5, 0.6) is 0 Å². The molecule has 1 aromatic heterocycles. The van der Waals surface area contributed by atoms with Crippen LogP contribution < -0.4 is 10.3 Å². The van der Waals surface area contributed by atoms with Crippen molar-refractivity contribution in [2.75, 3.05) is 19.5 Å². The quantitative estimate of drug-likeness (QED) is 0.754. The first-order chi connectivity index (χ1) is 13.8. The largest absolute Gasteiger partial charge is 0.378 e. The maximum Gasteiger partial charge on any atom is 0.254 e. The van der Waals surface area contributed by atoms with E-state index in [4.69, 9.17) is 9.47 Å². The van der Waals surface area contributed by atoms with Gasteiger partial charge in [-0.1, -0.05) is 6.07 Å². The Kier molecular flexibility index (Phi) is 6.16. The summed E-state index contributed by atoms with van der Waals surface area (Å²) in [4.78, 5) is 12.9. The molecule has 1 aromatic rings. The van der Waals surface area contributed by atoms with Crippen LogP contribution >= 0.6 is 0 Å². The van der Waals surface area contributed by atoms with E-state index in [1.165, 1.54) is 12.7 Å². The maximum atomic E-state index is 12.9. The number of pyridine rings is 1. The molecule has 162 valence electrons. The maximum absolute atomic E-state index is 12.9. The van der Waals surface area contributed by atoms with E-state index in [0.717, 1.165) is 38.0 Å². The van der Waals surface area contributed by atoms with Crippen LogP contribution in [0.15, 0.2) is 16.9 Å². The first-order valence-electron chi connectivity index (χ1n) is 10.7. The molecule has 1 N–H and O–H groups in total. The van der Waals surface area contributed by atoms with E-state index >= 15 is 0 Å². The lowest BCUT2D eigenvalue weighted by Crippen LogP contribution is -2.49. The predicted molar refractivity (Wildman–Crippen MR) is 111 cm³/mol. The van der Waals surface area contributed by atoms with Gasteiger partial charge in [0.25, 0.3) is 5.56 Å². The number of nitrogens with one attached hydrogen (secondary N) is 1. The second-order valence-electron chi connectivity index (χ2n) is 8.85. The molecule has 4 rings (SSSR count). The van der Waals surface area contributed by atoms with E-state index in [-0.39, 0.29) is 23.7 Å². The Labute approximate surface area is 172 Å². The zero-order chi connectivity index (χ0) is 20.6. The lowest BCUT2D eigenvalue weighted by molar-refractivity contribution is -0.104. The minimum atomic E-state index is -3.37. The molecule has 0 bridgehead atoms. The molecule has 0 spiro atoms. The number of ether oxygens (including phenoxy) is 2. The molecule has 8 heteroatoms. The highest BCUT2D eigenvalue weighted by Crippen LogP contribution is 2.35. The molecule has 3 atom stereocenters. The van der Waals surface area contributed by atoms with Gasteiger partial charge in [-0.3, -0.25) is 4.79 Å². The minimum Gasteiger partial charge on any atom is -0.378 e. The zero-order valence-electron chi connectivity index (χ0n) is 17.3. The third-order valence-electron chi connectivity index (χ3n) is 6.75. The molecule has 2 aliphatic heterocycles. The molecule has 2 fully saturated rings. The Bertz CT molecular complexity index is 885. The monoisotopic (exact) mass is 424 g/mol. The van der Waals surface area contributed by atoms with E-state index in [1.807, 2.05) is 12.1 Å². The number of hydrogen-bond donors (Lipinski definition) is 1. The summed E-state index contributed by atoms with van der Waals surface area (Å²) < 4.78 is 40.2. The Morgan fingerprint density at radius 3 is 2.52 bits per heavy atom. The van der Waals surface area contributed by atoms with Gasteiger partial charge in [-0.05, 0) is 63.9 Å². The molecule has 1 saturated heterocycles. The van der Waals surface area contributed by atoms with Crippen LogP contribution in [0.4, 0.5) is 0 Å². The first kappa shape index (κ1) is 21.0. The Hall–Kier alpha value is -1.22. The van der Waals surface area contributed by atoms with Crippen LogP contribution in [0.1, 0.15) is 55.8 Å². The Balaban J connectivity index is 1.47. The van der Waals surface area contributed by atoms with Gasteiger partial charge in [0.15, 0.2) is 0 Å². The standard InChI is InChI=1S/C21H32N2O5S/c1-14-3-6-16-7-10-18(22-29(2,25)26)19(23(16)21(14)24)13-28-17-8-4-15(5-9-17)20-11-12-27-20/h3,6,15,17-20,22H,4-5,7-13H2,1-2H3/t15?,17?,18-,19+,20-/m0/s1. The molecule has 29 heavy (non-hydrogen) atoms. The van der Waals surface area contributed by atoms with E-state index in [9.17, 15) is 13.2 Å². The van der Waals surface area contributed by atoms with E-state index < -0.39 is 10.0 Å². The van der Waals surface area contributed by atoms with Crippen molar-refractivity contribution in [3.63, 3.8) is 0 Å². The zero-order valence-corrected chi connectivity index (χ0v) is 18.1. The molecule has 3 heterocycles. The van der Waals surface area contributed by atoms with Gasteiger partial charge in [0.05, 0.1) is 31.1 Å². The van der Waals surface area contributed by atoms with Crippen LogP contribution in [0, 0.1) is 12.8 Å². The van der Waals surface area contributed by atoms with Crippen molar-refractivity contribution in [1.29, 1.82) is 0 Å². The van der Waals surface area contributed by atoms with Crippen molar-refractivity contribution in [3.8, 4) is 0 Å². The van der Waals surface area contributed by atoms with Crippen molar-refractivity contribution >= 4 is 10.0 Å². The summed E-state index contributed by atoms with van der Waals surface area (Å²) in [6.07, 6.45) is 8.50. The van der Waals surface area contributed by atoms with Crippen LogP contribution in [-0.2, 0) is 25.9 Å². The molecule has 0 amide bonds. The number of hydrogen-bond acceptors (Lipinski definition) is 5.